The molecular formula is C21H23FN2O4. The summed E-state index contributed by atoms with van der Waals surface area (Å²) in [6, 6.07) is 11.8. The van der Waals surface area contributed by atoms with Gasteiger partial charge in [-0.25, -0.2) is 4.39 Å². The van der Waals surface area contributed by atoms with Crippen molar-refractivity contribution in [2.45, 2.75) is 6.42 Å². The van der Waals surface area contributed by atoms with Crippen molar-refractivity contribution in [3.63, 3.8) is 0 Å². The average molecular weight is 386 g/mol. The molecule has 28 heavy (non-hydrogen) atoms. The van der Waals surface area contributed by atoms with E-state index in [1.165, 1.54) is 12.1 Å². The van der Waals surface area contributed by atoms with E-state index in [0.29, 0.717) is 37.4 Å². The molecule has 1 heterocycles. The van der Waals surface area contributed by atoms with Crippen LogP contribution in [-0.4, -0.2) is 55.5 Å². The lowest BCUT2D eigenvalue weighted by Crippen LogP contribution is -2.26. The lowest BCUT2D eigenvalue weighted by Gasteiger charge is -2.13. The minimum absolute atomic E-state index is 0.295. The molecule has 0 radical (unpaired) electrons. The third-order valence-corrected chi connectivity index (χ3v) is 4.80. The van der Waals surface area contributed by atoms with E-state index < -0.39 is 5.97 Å². The van der Waals surface area contributed by atoms with Crippen molar-refractivity contribution in [2.75, 3.05) is 33.4 Å². The maximum atomic E-state index is 13.7. The second-order valence-electron chi connectivity index (χ2n) is 6.62. The summed E-state index contributed by atoms with van der Waals surface area (Å²) in [4.78, 5) is 18.4. The Morgan fingerprint density at radius 1 is 1.32 bits per heavy atom. The fraction of sp³-hybridized carbons (Fsp3) is 0.333. The molecule has 1 atom stereocenters. The normalized spacial score (nSPS) is 17.1. The summed E-state index contributed by atoms with van der Waals surface area (Å²) in [6.45, 7) is 2.30. The van der Waals surface area contributed by atoms with Crippen molar-refractivity contribution in [1.29, 1.82) is 0 Å². The summed E-state index contributed by atoms with van der Waals surface area (Å²) in [5.74, 6) is -0.809. The monoisotopic (exact) mass is 386 g/mol. The van der Waals surface area contributed by atoms with Crippen molar-refractivity contribution in [2.24, 2.45) is 11.1 Å². The predicted molar refractivity (Wildman–Crippen MR) is 104 cm³/mol. The number of benzene rings is 2. The third kappa shape index (κ3) is 4.86. The summed E-state index contributed by atoms with van der Waals surface area (Å²) >= 11 is 0. The number of methoxy groups -OCH3 is 1. The highest BCUT2D eigenvalue weighted by Crippen LogP contribution is 2.32. The van der Waals surface area contributed by atoms with E-state index in [-0.39, 0.29) is 11.7 Å². The number of carboxylic acid groups (broad SMARTS) is 1. The van der Waals surface area contributed by atoms with Crippen LogP contribution in [0.1, 0.15) is 12.0 Å². The van der Waals surface area contributed by atoms with Gasteiger partial charge in [0.2, 0.25) is 0 Å². The average Bonchev–Trinajstić information content (AvgIpc) is 3.17. The number of ether oxygens (including phenoxy) is 1. The lowest BCUT2D eigenvalue weighted by molar-refractivity contribution is -0.141. The first-order chi connectivity index (χ1) is 13.6. The molecule has 1 saturated heterocycles. The van der Waals surface area contributed by atoms with Crippen LogP contribution in [0.25, 0.3) is 11.1 Å². The number of carbonyl (C=O) groups is 1. The number of rotatable bonds is 8. The minimum atomic E-state index is -0.745. The van der Waals surface area contributed by atoms with E-state index >= 15 is 0 Å². The highest BCUT2D eigenvalue weighted by Gasteiger charge is 2.27. The van der Waals surface area contributed by atoms with Crippen molar-refractivity contribution in [1.82, 2.24) is 4.90 Å². The fourth-order valence-electron chi connectivity index (χ4n) is 3.30. The van der Waals surface area contributed by atoms with Gasteiger partial charge in [0.1, 0.15) is 18.2 Å². The molecule has 1 unspecified atom stereocenters. The molecule has 0 aromatic heterocycles. The van der Waals surface area contributed by atoms with Crippen LogP contribution < -0.4 is 4.74 Å². The first-order valence-corrected chi connectivity index (χ1v) is 9.12. The number of halogens is 1. The van der Waals surface area contributed by atoms with E-state index in [2.05, 4.69) is 10.1 Å². The van der Waals surface area contributed by atoms with Crippen molar-refractivity contribution >= 4 is 12.2 Å². The molecule has 0 aliphatic carbocycles. The van der Waals surface area contributed by atoms with Gasteiger partial charge in [0.15, 0.2) is 0 Å². The number of likely N-dealkylation sites (tertiary alicyclic amines) is 1. The quantitative estimate of drug-likeness (QED) is 0.428. The standard InChI is InChI=1S/C21H23FN2O4/c1-27-20-7-6-17(22)12-19(20)18-5-3-2-4-15(18)13-23-28-11-10-24-9-8-16(14-24)21(25)26/h2-7,12-13,16H,8-11,14H2,1H3,(H,25,26)/b23-13+. The van der Waals surface area contributed by atoms with Crippen LogP contribution in [0.4, 0.5) is 4.39 Å². The molecule has 1 N–H and O–H groups in total. The number of carboxylic acids is 1. The molecule has 0 saturated carbocycles. The Bertz CT molecular complexity index is 856. The Hall–Kier alpha value is -2.93. The van der Waals surface area contributed by atoms with Gasteiger partial charge in [-0.15, -0.1) is 0 Å². The highest BCUT2D eigenvalue weighted by atomic mass is 19.1. The Kier molecular flexibility index (Phi) is 6.60. The Morgan fingerprint density at radius 2 is 2.14 bits per heavy atom. The van der Waals surface area contributed by atoms with Gasteiger partial charge in [0.25, 0.3) is 0 Å². The minimum Gasteiger partial charge on any atom is -0.496 e. The maximum absolute atomic E-state index is 13.7. The van der Waals surface area contributed by atoms with Gasteiger partial charge in [0, 0.05) is 24.2 Å². The van der Waals surface area contributed by atoms with Crippen molar-refractivity contribution < 1.29 is 23.9 Å². The Labute approximate surface area is 163 Å². The van der Waals surface area contributed by atoms with Crippen LogP contribution >= 0.6 is 0 Å². The SMILES string of the molecule is COc1ccc(F)cc1-c1ccccc1/C=N/OCCN1CCC(C(=O)O)C1. The molecule has 3 rings (SSSR count). The number of oxime groups is 1. The predicted octanol–water partition coefficient (Wildman–Crippen LogP) is 3.26. The Morgan fingerprint density at radius 3 is 2.89 bits per heavy atom. The number of hydrogen-bond acceptors (Lipinski definition) is 5. The zero-order valence-corrected chi connectivity index (χ0v) is 15.7. The van der Waals surface area contributed by atoms with Gasteiger partial charge in [0.05, 0.1) is 19.2 Å². The summed E-state index contributed by atoms with van der Waals surface area (Å²) < 4.78 is 19.1. The third-order valence-electron chi connectivity index (χ3n) is 4.80. The van der Waals surface area contributed by atoms with Gasteiger partial charge >= 0.3 is 5.97 Å². The molecule has 0 spiro atoms. The fourth-order valence-corrected chi connectivity index (χ4v) is 3.30. The molecule has 0 amide bonds. The van der Waals surface area contributed by atoms with Gasteiger partial charge in [-0.3, -0.25) is 9.69 Å². The first-order valence-electron chi connectivity index (χ1n) is 9.12. The molecule has 1 fully saturated rings. The zero-order chi connectivity index (χ0) is 19.9. The van der Waals surface area contributed by atoms with E-state index in [4.69, 9.17) is 14.7 Å². The molecule has 7 heteroatoms. The van der Waals surface area contributed by atoms with E-state index in [1.54, 1.807) is 19.4 Å². The Balaban J connectivity index is 1.61. The molecule has 2 aromatic rings. The van der Waals surface area contributed by atoms with Crippen LogP contribution in [0.3, 0.4) is 0 Å². The second-order valence-corrected chi connectivity index (χ2v) is 6.62. The maximum Gasteiger partial charge on any atom is 0.307 e. The highest BCUT2D eigenvalue weighted by molar-refractivity contribution is 5.91. The first kappa shape index (κ1) is 19.8. The largest absolute Gasteiger partial charge is 0.496 e. The molecule has 1 aliphatic heterocycles. The van der Waals surface area contributed by atoms with Crippen LogP contribution in [0.15, 0.2) is 47.6 Å². The molecule has 148 valence electrons. The zero-order valence-electron chi connectivity index (χ0n) is 15.7. The van der Waals surface area contributed by atoms with Crippen LogP contribution in [0, 0.1) is 11.7 Å². The summed E-state index contributed by atoms with van der Waals surface area (Å²) in [5, 5.41) is 13.0. The van der Waals surface area contributed by atoms with E-state index in [9.17, 15) is 9.18 Å². The van der Waals surface area contributed by atoms with Gasteiger partial charge in [-0.2, -0.15) is 0 Å². The van der Waals surface area contributed by atoms with Crippen LogP contribution in [0.2, 0.25) is 0 Å². The summed E-state index contributed by atoms with van der Waals surface area (Å²) in [5.41, 5.74) is 2.20. The smallest absolute Gasteiger partial charge is 0.307 e. The van der Waals surface area contributed by atoms with Crippen molar-refractivity contribution in [3.8, 4) is 16.9 Å². The van der Waals surface area contributed by atoms with Crippen molar-refractivity contribution in [3.05, 3.63) is 53.8 Å². The summed E-state index contributed by atoms with van der Waals surface area (Å²) in [7, 11) is 1.55. The van der Waals surface area contributed by atoms with Crippen LogP contribution in [0.5, 0.6) is 5.75 Å². The second kappa shape index (κ2) is 9.32. The van der Waals surface area contributed by atoms with E-state index in [1.807, 2.05) is 24.3 Å². The molecule has 1 aliphatic rings. The van der Waals surface area contributed by atoms with Gasteiger partial charge < -0.3 is 14.7 Å². The van der Waals surface area contributed by atoms with E-state index in [0.717, 1.165) is 17.7 Å². The molecule has 6 nitrogen and oxygen atoms in total. The number of aliphatic carboxylic acids is 1. The van der Waals surface area contributed by atoms with Crippen LogP contribution in [-0.2, 0) is 9.63 Å². The molecular weight excluding hydrogens is 363 g/mol. The lowest BCUT2D eigenvalue weighted by atomic mass is 9.99. The molecule has 0 bridgehead atoms. The molecule has 2 aromatic carbocycles. The summed E-state index contributed by atoms with van der Waals surface area (Å²) in [6.07, 6.45) is 2.26. The van der Waals surface area contributed by atoms with Gasteiger partial charge in [-0.1, -0.05) is 29.4 Å². The number of hydrogen-bond donors (Lipinski definition) is 1. The van der Waals surface area contributed by atoms with Gasteiger partial charge in [-0.05, 0) is 36.7 Å². The topological polar surface area (TPSA) is 71.4 Å². The number of nitrogens with zero attached hydrogens (tertiary/aromatic N) is 2.